The van der Waals surface area contributed by atoms with Crippen LogP contribution in [0.1, 0.15) is 0 Å². The normalized spacial score (nSPS) is 17.5. The first-order valence-corrected chi connectivity index (χ1v) is 5.74. The first kappa shape index (κ1) is 11.3. The number of piperazine rings is 1. The second kappa shape index (κ2) is 5.21. The van der Waals surface area contributed by atoms with Gasteiger partial charge >= 0.3 is 0 Å². The number of rotatable bonds is 3. The van der Waals surface area contributed by atoms with Crippen LogP contribution in [-0.2, 0) is 0 Å². The third-order valence-electron chi connectivity index (χ3n) is 3.13. The van der Waals surface area contributed by atoms with Crippen LogP contribution in [-0.4, -0.2) is 44.7 Å². The summed E-state index contributed by atoms with van der Waals surface area (Å²) in [5.74, 6) is 0.917. The van der Waals surface area contributed by atoms with Crippen molar-refractivity contribution in [2.24, 2.45) is 0 Å². The molecule has 1 heterocycles. The molecule has 0 aliphatic carbocycles. The Kier molecular flexibility index (Phi) is 3.67. The standard InChI is InChI=1S/C13H19N2O/c1-3-14-8-10-15(11-9-14)12-4-6-13(16-2)7-5-12/h4-7H,1,3,8-11H2,2H3. The summed E-state index contributed by atoms with van der Waals surface area (Å²) in [6.07, 6.45) is 0. The molecule has 1 saturated heterocycles. The van der Waals surface area contributed by atoms with E-state index in [1.54, 1.807) is 7.11 Å². The fraction of sp³-hybridized carbons (Fsp3) is 0.462. The van der Waals surface area contributed by atoms with Crippen LogP contribution in [0.2, 0.25) is 0 Å². The van der Waals surface area contributed by atoms with E-state index in [1.807, 2.05) is 12.1 Å². The van der Waals surface area contributed by atoms with Gasteiger partial charge in [0.05, 0.1) is 7.11 Å². The highest BCUT2D eigenvalue weighted by atomic mass is 16.5. The number of benzene rings is 1. The van der Waals surface area contributed by atoms with E-state index in [-0.39, 0.29) is 0 Å². The summed E-state index contributed by atoms with van der Waals surface area (Å²) in [4.78, 5) is 4.78. The van der Waals surface area contributed by atoms with Gasteiger partial charge in [-0.25, -0.2) is 0 Å². The van der Waals surface area contributed by atoms with Crippen molar-refractivity contribution in [1.82, 2.24) is 4.90 Å². The van der Waals surface area contributed by atoms with Crippen LogP contribution in [0.5, 0.6) is 5.75 Å². The van der Waals surface area contributed by atoms with E-state index < -0.39 is 0 Å². The first-order chi connectivity index (χ1) is 7.83. The van der Waals surface area contributed by atoms with Gasteiger partial charge in [-0.2, -0.15) is 0 Å². The topological polar surface area (TPSA) is 15.7 Å². The molecule has 16 heavy (non-hydrogen) atoms. The molecule has 1 aliphatic rings. The predicted molar refractivity (Wildman–Crippen MR) is 67.0 cm³/mol. The van der Waals surface area contributed by atoms with E-state index in [9.17, 15) is 0 Å². The third-order valence-corrected chi connectivity index (χ3v) is 3.13. The van der Waals surface area contributed by atoms with Crippen LogP contribution in [0.25, 0.3) is 0 Å². The minimum absolute atomic E-state index is 0.913. The summed E-state index contributed by atoms with van der Waals surface area (Å²) < 4.78 is 5.16. The Morgan fingerprint density at radius 3 is 2.25 bits per heavy atom. The lowest BCUT2D eigenvalue weighted by molar-refractivity contribution is 0.283. The van der Waals surface area contributed by atoms with Gasteiger partial charge < -0.3 is 9.64 Å². The average molecular weight is 219 g/mol. The highest BCUT2D eigenvalue weighted by Gasteiger charge is 2.15. The summed E-state index contributed by atoms with van der Waals surface area (Å²) in [6.45, 7) is 9.22. The highest BCUT2D eigenvalue weighted by Crippen LogP contribution is 2.20. The van der Waals surface area contributed by atoms with E-state index in [1.165, 1.54) is 5.69 Å². The SMILES string of the molecule is [CH2]CN1CCN(c2ccc(OC)cc2)CC1. The number of hydrogen-bond donors (Lipinski definition) is 0. The molecule has 0 saturated carbocycles. The van der Waals surface area contributed by atoms with Crippen molar-refractivity contribution in [3.8, 4) is 5.75 Å². The molecule has 1 fully saturated rings. The summed E-state index contributed by atoms with van der Waals surface area (Å²) in [6, 6.07) is 8.28. The van der Waals surface area contributed by atoms with Crippen LogP contribution in [0, 0.1) is 6.92 Å². The molecule has 0 spiro atoms. The lowest BCUT2D eigenvalue weighted by Crippen LogP contribution is -2.46. The molecular formula is C13H19N2O. The van der Waals surface area contributed by atoms with Gasteiger partial charge in [0.2, 0.25) is 0 Å². The Bertz CT molecular complexity index is 315. The molecule has 1 radical (unpaired) electrons. The van der Waals surface area contributed by atoms with E-state index in [0.717, 1.165) is 38.5 Å². The number of anilines is 1. The van der Waals surface area contributed by atoms with Crippen molar-refractivity contribution in [2.45, 2.75) is 0 Å². The van der Waals surface area contributed by atoms with Crippen molar-refractivity contribution >= 4 is 5.69 Å². The Hall–Kier alpha value is -1.22. The van der Waals surface area contributed by atoms with E-state index >= 15 is 0 Å². The maximum Gasteiger partial charge on any atom is 0.119 e. The molecule has 0 N–H and O–H groups in total. The smallest absolute Gasteiger partial charge is 0.119 e. The molecule has 1 aromatic carbocycles. The van der Waals surface area contributed by atoms with Crippen LogP contribution < -0.4 is 9.64 Å². The summed E-state index contributed by atoms with van der Waals surface area (Å²) in [7, 11) is 1.70. The Balaban J connectivity index is 1.97. The fourth-order valence-corrected chi connectivity index (χ4v) is 2.02. The molecule has 0 amide bonds. The van der Waals surface area contributed by atoms with Crippen molar-refractivity contribution in [1.29, 1.82) is 0 Å². The van der Waals surface area contributed by atoms with Gasteiger partial charge in [-0.3, -0.25) is 4.90 Å². The molecule has 87 valence electrons. The molecule has 3 nitrogen and oxygen atoms in total. The summed E-state index contributed by atoms with van der Waals surface area (Å²) >= 11 is 0. The zero-order valence-corrected chi connectivity index (χ0v) is 9.85. The van der Waals surface area contributed by atoms with Gasteiger partial charge in [-0.05, 0) is 37.7 Å². The van der Waals surface area contributed by atoms with Crippen molar-refractivity contribution < 1.29 is 4.74 Å². The number of hydrogen-bond acceptors (Lipinski definition) is 3. The van der Waals surface area contributed by atoms with Crippen LogP contribution in [0.3, 0.4) is 0 Å². The highest BCUT2D eigenvalue weighted by molar-refractivity contribution is 5.49. The lowest BCUT2D eigenvalue weighted by Gasteiger charge is -2.35. The van der Waals surface area contributed by atoms with E-state index in [2.05, 4.69) is 28.9 Å². The Morgan fingerprint density at radius 1 is 1.12 bits per heavy atom. The third kappa shape index (κ3) is 2.47. The lowest BCUT2D eigenvalue weighted by atomic mass is 10.2. The second-order valence-corrected chi connectivity index (χ2v) is 4.03. The molecule has 0 atom stereocenters. The minimum Gasteiger partial charge on any atom is -0.497 e. The maximum atomic E-state index is 5.16. The van der Waals surface area contributed by atoms with Gasteiger partial charge in [0.25, 0.3) is 0 Å². The maximum absolute atomic E-state index is 5.16. The number of nitrogens with zero attached hydrogens (tertiary/aromatic N) is 2. The minimum atomic E-state index is 0.913. The van der Waals surface area contributed by atoms with Crippen molar-refractivity contribution in [2.75, 3.05) is 44.7 Å². The molecule has 1 aromatic rings. The van der Waals surface area contributed by atoms with Gasteiger partial charge in [0.15, 0.2) is 0 Å². The predicted octanol–water partition coefficient (Wildman–Crippen LogP) is 1.65. The van der Waals surface area contributed by atoms with Crippen molar-refractivity contribution in [3.63, 3.8) is 0 Å². The average Bonchev–Trinajstić information content (AvgIpc) is 2.39. The monoisotopic (exact) mass is 219 g/mol. The quantitative estimate of drug-likeness (QED) is 0.769. The van der Waals surface area contributed by atoms with Crippen LogP contribution in [0.15, 0.2) is 24.3 Å². The largest absolute Gasteiger partial charge is 0.497 e. The summed E-state index contributed by atoms with van der Waals surface area (Å²) in [5.41, 5.74) is 1.28. The number of ether oxygens (including phenoxy) is 1. The molecule has 0 aromatic heterocycles. The molecular weight excluding hydrogens is 200 g/mol. The molecule has 1 aliphatic heterocycles. The van der Waals surface area contributed by atoms with Crippen LogP contribution >= 0.6 is 0 Å². The molecule has 0 bridgehead atoms. The second-order valence-electron chi connectivity index (χ2n) is 4.03. The van der Waals surface area contributed by atoms with E-state index in [4.69, 9.17) is 4.74 Å². The van der Waals surface area contributed by atoms with Crippen LogP contribution in [0.4, 0.5) is 5.69 Å². The Morgan fingerprint density at radius 2 is 1.75 bits per heavy atom. The van der Waals surface area contributed by atoms with E-state index in [0.29, 0.717) is 0 Å². The zero-order chi connectivity index (χ0) is 11.4. The molecule has 0 unspecified atom stereocenters. The zero-order valence-electron chi connectivity index (χ0n) is 9.85. The fourth-order valence-electron chi connectivity index (χ4n) is 2.02. The number of methoxy groups -OCH3 is 1. The first-order valence-electron chi connectivity index (χ1n) is 5.74. The van der Waals surface area contributed by atoms with Crippen molar-refractivity contribution in [3.05, 3.63) is 31.2 Å². The molecule has 3 heteroatoms. The Labute approximate surface area is 97.6 Å². The van der Waals surface area contributed by atoms with Gasteiger partial charge in [0.1, 0.15) is 5.75 Å². The summed E-state index contributed by atoms with van der Waals surface area (Å²) in [5, 5.41) is 0. The van der Waals surface area contributed by atoms with Gasteiger partial charge in [-0.1, -0.05) is 0 Å². The van der Waals surface area contributed by atoms with Gasteiger partial charge in [-0.15, -0.1) is 0 Å². The molecule has 2 rings (SSSR count). The van der Waals surface area contributed by atoms with Gasteiger partial charge in [0, 0.05) is 31.9 Å².